The zero-order chi connectivity index (χ0) is 13.3. The molecule has 0 unspecified atom stereocenters. The van der Waals surface area contributed by atoms with Gasteiger partial charge in [0.25, 0.3) is 0 Å². The first-order valence-corrected chi connectivity index (χ1v) is 6.34. The molecule has 1 fully saturated rings. The number of nitrogen functional groups attached to an aromatic ring is 2. The molecule has 6 heteroatoms. The Morgan fingerprint density at radius 2 is 2.06 bits per heavy atom. The molecule has 1 saturated carbocycles. The molecule has 2 rings (SSSR count). The highest BCUT2D eigenvalue weighted by Gasteiger charge is 2.29. The molecule has 5 N–H and O–H groups in total. The fraction of sp³-hybridized carbons (Fsp3) is 0.500. The predicted molar refractivity (Wildman–Crippen MR) is 72.3 cm³/mol. The summed E-state index contributed by atoms with van der Waals surface area (Å²) in [6.07, 6.45) is 3.05. The number of aliphatic hydroxyl groups is 1. The maximum absolute atomic E-state index is 14.2. The molecule has 0 spiro atoms. The molecule has 0 amide bonds. The van der Waals surface area contributed by atoms with Crippen molar-refractivity contribution in [2.75, 3.05) is 29.5 Å². The highest BCUT2D eigenvalue weighted by Crippen LogP contribution is 2.39. The van der Waals surface area contributed by atoms with Gasteiger partial charge in [0.05, 0.1) is 23.7 Å². The van der Waals surface area contributed by atoms with Crippen LogP contribution in [0.3, 0.4) is 0 Å². The van der Waals surface area contributed by atoms with Gasteiger partial charge in [-0.3, -0.25) is 0 Å². The van der Waals surface area contributed by atoms with Crippen molar-refractivity contribution >= 4 is 28.7 Å². The Morgan fingerprint density at radius 3 is 2.56 bits per heavy atom. The summed E-state index contributed by atoms with van der Waals surface area (Å²) in [6, 6.07) is 1.68. The Bertz CT molecular complexity index is 451. The first kappa shape index (κ1) is 13.2. The smallest absolute Gasteiger partial charge is 0.169 e. The molecule has 1 aliphatic carbocycles. The highest BCUT2D eigenvalue weighted by atomic mass is 35.5. The summed E-state index contributed by atoms with van der Waals surface area (Å²) >= 11 is 5.82. The third-order valence-corrected chi connectivity index (χ3v) is 3.77. The first-order valence-electron chi connectivity index (χ1n) is 5.96. The molecule has 100 valence electrons. The van der Waals surface area contributed by atoms with Gasteiger partial charge in [0.1, 0.15) is 5.02 Å². The van der Waals surface area contributed by atoms with E-state index < -0.39 is 5.82 Å². The Hall–Kier alpha value is -1.20. The fourth-order valence-corrected chi connectivity index (χ4v) is 2.38. The van der Waals surface area contributed by atoms with Crippen LogP contribution in [0.4, 0.5) is 21.5 Å². The van der Waals surface area contributed by atoms with E-state index in [-0.39, 0.29) is 34.7 Å². The minimum absolute atomic E-state index is 0.0582. The first-order chi connectivity index (χ1) is 8.56. The van der Waals surface area contributed by atoms with E-state index in [0.717, 1.165) is 19.3 Å². The Balaban J connectivity index is 2.43. The van der Waals surface area contributed by atoms with Crippen LogP contribution in [0.5, 0.6) is 0 Å². The Kier molecular flexibility index (Phi) is 3.82. The van der Waals surface area contributed by atoms with Gasteiger partial charge in [-0.05, 0) is 25.3 Å². The minimum atomic E-state index is -0.602. The van der Waals surface area contributed by atoms with Crippen LogP contribution in [0.1, 0.15) is 19.3 Å². The lowest BCUT2D eigenvalue weighted by molar-refractivity contribution is 0.283. The number of aliphatic hydroxyl groups excluding tert-OH is 1. The van der Waals surface area contributed by atoms with E-state index in [1.54, 1.807) is 4.90 Å². The van der Waals surface area contributed by atoms with Crippen molar-refractivity contribution in [1.29, 1.82) is 0 Å². The summed E-state index contributed by atoms with van der Waals surface area (Å²) < 4.78 is 14.2. The van der Waals surface area contributed by atoms with Gasteiger partial charge < -0.3 is 21.5 Å². The number of nitrogens with zero attached hydrogens (tertiary/aromatic N) is 1. The zero-order valence-electron chi connectivity index (χ0n) is 10.00. The number of hydrogen-bond acceptors (Lipinski definition) is 4. The number of benzene rings is 1. The standard InChI is InChI=1S/C12H17ClFN3O/c13-10-8(15)6-9(16)12(11(10)14)17(4-5-18)7-2-1-3-7/h6-7,18H,1-5,15-16H2. The van der Waals surface area contributed by atoms with Crippen LogP contribution in [0.15, 0.2) is 6.07 Å². The van der Waals surface area contributed by atoms with Crippen molar-refractivity contribution < 1.29 is 9.50 Å². The summed E-state index contributed by atoms with van der Waals surface area (Å²) in [4.78, 5) is 1.79. The third-order valence-electron chi connectivity index (χ3n) is 3.38. The predicted octanol–water partition coefficient (Wildman–Crippen LogP) is 1.99. The summed E-state index contributed by atoms with van der Waals surface area (Å²) in [6.45, 7) is 0.281. The minimum Gasteiger partial charge on any atom is -0.397 e. The molecular formula is C12H17ClFN3O. The van der Waals surface area contributed by atoms with Crippen molar-refractivity contribution in [3.63, 3.8) is 0 Å². The molecule has 0 aliphatic heterocycles. The molecule has 4 nitrogen and oxygen atoms in total. The Labute approximate surface area is 110 Å². The molecule has 18 heavy (non-hydrogen) atoms. The molecule has 0 atom stereocenters. The summed E-state index contributed by atoms with van der Waals surface area (Å²) in [5.74, 6) is -0.602. The molecular weight excluding hydrogens is 257 g/mol. The lowest BCUT2D eigenvalue weighted by Gasteiger charge is -2.39. The average molecular weight is 274 g/mol. The lowest BCUT2D eigenvalue weighted by atomic mass is 9.90. The highest BCUT2D eigenvalue weighted by molar-refractivity contribution is 6.33. The van der Waals surface area contributed by atoms with Crippen LogP contribution in [-0.2, 0) is 0 Å². The summed E-state index contributed by atoms with van der Waals surface area (Å²) in [7, 11) is 0. The van der Waals surface area contributed by atoms with E-state index >= 15 is 0 Å². The van der Waals surface area contributed by atoms with E-state index in [1.807, 2.05) is 0 Å². The molecule has 1 aromatic rings. The summed E-state index contributed by atoms with van der Waals surface area (Å²) in [5.41, 5.74) is 12.1. The third kappa shape index (κ3) is 2.20. The van der Waals surface area contributed by atoms with Gasteiger partial charge in [-0.1, -0.05) is 11.6 Å². The lowest BCUT2D eigenvalue weighted by Crippen LogP contribution is -2.42. The number of nitrogens with two attached hydrogens (primary N) is 2. The Morgan fingerprint density at radius 1 is 1.39 bits per heavy atom. The van der Waals surface area contributed by atoms with Gasteiger partial charge in [-0.15, -0.1) is 0 Å². The van der Waals surface area contributed by atoms with Gasteiger partial charge in [0.15, 0.2) is 5.82 Å². The van der Waals surface area contributed by atoms with E-state index in [2.05, 4.69) is 0 Å². The maximum Gasteiger partial charge on any atom is 0.169 e. The SMILES string of the molecule is Nc1cc(N)c(N(CCO)C2CCC2)c(F)c1Cl. The van der Waals surface area contributed by atoms with Gasteiger partial charge in [0.2, 0.25) is 0 Å². The van der Waals surface area contributed by atoms with Crippen molar-refractivity contribution in [2.45, 2.75) is 25.3 Å². The second kappa shape index (κ2) is 5.20. The quantitative estimate of drug-likeness (QED) is 0.734. The molecule has 0 heterocycles. The molecule has 0 saturated heterocycles. The number of hydrogen-bond donors (Lipinski definition) is 3. The molecule has 1 aromatic carbocycles. The van der Waals surface area contributed by atoms with Crippen LogP contribution >= 0.6 is 11.6 Å². The van der Waals surface area contributed by atoms with Crippen molar-refractivity contribution in [3.8, 4) is 0 Å². The van der Waals surface area contributed by atoms with Crippen molar-refractivity contribution in [2.24, 2.45) is 0 Å². The number of halogens is 2. The maximum atomic E-state index is 14.2. The van der Waals surface area contributed by atoms with Crippen LogP contribution in [0.25, 0.3) is 0 Å². The van der Waals surface area contributed by atoms with Crippen LogP contribution in [-0.4, -0.2) is 24.3 Å². The van der Waals surface area contributed by atoms with Gasteiger partial charge in [0, 0.05) is 12.6 Å². The molecule has 0 bridgehead atoms. The van der Waals surface area contributed by atoms with Crippen LogP contribution in [0.2, 0.25) is 5.02 Å². The monoisotopic (exact) mass is 273 g/mol. The normalized spacial score (nSPS) is 15.5. The number of anilines is 3. The second-order valence-corrected chi connectivity index (χ2v) is 4.91. The van der Waals surface area contributed by atoms with Gasteiger partial charge in [-0.25, -0.2) is 4.39 Å². The summed E-state index contributed by atoms with van der Waals surface area (Å²) in [5, 5.41) is 9.00. The van der Waals surface area contributed by atoms with Crippen LogP contribution < -0.4 is 16.4 Å². The van der Waals surface area contributed by atoms with Gasteiger partial charge >= 0.3 is 0 Å². The second-order valence-electron chi connectivity index (χ2n) is 4.53. The van der Waals surface area contributed by atoms with Gasteiger partial charge in [-0.2, -0.15) is 0 Å². The fourth-order valence-electron chi connectivity index (χ4n) is 2.23. The van der Waals surface area contributed by atoms with E-state index in [0.29, 0.717) is 6.54 Å². The van der Waals surface area contributed by atoms with Crippen molar-refractivity contribution in [3.05, 3.63) is 16.9 Å². The molecule has 0 radical (unpaired) electrons. The zero-order valence-corrected chi connectivity index (χ0v) is 10.8. The average Bonchev–Trinajstić information content (AvgIpc) is 2.24. The number of rotatable bonds is 4. The molecule has 1 aliphatic rings. The van der Waals surface area contributed by atoms with E-state index in [9.17, 15) is 4.39 Å². The van der Waals surface area contributed by atoms with Crippen LogP contribution in [0, 0.1) is 5.82 Å². The van der Waals surface area contributed by atoms with Crippen molar-refractivity contribution in [1.82, 2.24) is 0 Å². The van der Waals surface area contributed by atoms with E-state index in [4.69, 9.17) is 28.2 Å². The van der Waals surface area contributed by atoms with E-state index in [1.165, 1.54) is 6.07 Å². The molecule has 0 aromatic heterocycles. The largest absolute Gasteiger partial charge is 0.397 e. The topological polar surface area (TPSA) is 75.5 Å².